The van der Waals surface area contributed by atoms with E-state index in [2.05, 4.69) is 4.74 Å². The van der Waals surface area contributed by atoms with Crippen LogP contribution in [0.1, 0.15) is 34.7 Å². The maximum atomic E-state index is 12.9. The Morgan fingerprint density at radius 2 is 1.79 bits per heavy atom. The molecule has 2 aromatic rings. The Hall–Kier alpha value is -3.30. The van der Waals surface area contributed by atoms with Crippen LogP contribution in [0.3, 0.4) is 0 Å². The molecule has 0 aliphatic heterocycles. The molecular formula is C19H18F3NO6. The highest BCUT2D eigenvalue weighted by Crippen LogP contribution is 2.35. The molecule has 0 aliphatic rings. The molecule has 0 saturated heterocycles. The van der Waals surface area contributed by atoms with E-state index >= 15 is 0 Å². The third-order valence-corrected chi connectivity index (χ3v) is 4.40. The molecule has 2 rings (SSSR count). The number of aliphatic carboxylic acids is 1. The summed E-state index contributed by atoms with van der Waals surface area (Å²) >= 11 is 0. The molecular weight excluding hydrogens is 395 g/mol. The fourth-order valence-electron chi connectivity index (χ4n) is 2.97. The lowest BCUT2D eigenvalue weighted by Gasteiger charge is -2.20. The number of ether oxygens (including phenoxy) is 1. The van der Waals surface area contributed by atoms with Crippen LogP contribution in [0.2, 0.25) is 0 Å². The van der Waals surface area contributed by atoms with E-state index in [1.165, 1.54) is 6.92 Å². The number of carboxylic acid groups (broad SMARTS) is 1. The minimum Gasteiger partial charge on any atom is -0.507 e. The number of carbonyl (C=O) groups excluding carboxylic acids is 1. The Morgan fingerprint density at radius 1 is 1.21 bits per heavy atom. The molecule has 1 atom stereocenters. The van der Waals surface area contributed by atoms with Crippen molar-refractivity contribution in [2.24, 2.45) is 0 Å². The van der Waals surface area contributed by atoms with Gasteiger partial charge in [-0.1, -0.05) is 12.1 Å². The normalized spacial score (nSPS) is 12.4. The molecule has 1 aromatic heterocycles. The van der Waals surface area contributed by atoms with Gasteiger partial charge in [0, 0.05) is 11.6 Å². The summed E-state index contributed by atoms with van der Waals surface area (Å²) in [4.78, 5) is 35.8. The minimum absolute atomic E-state index is 0.154. The summed E-state index contributed by atoms with van der Waals surface area (Å²) in [5.74, 6) is -3.70. The number of carbonyl (C=O) groups is 2. The summed E-state index contributed by atoms with van der Waals surface area (Å²) in [7, 11) is 1.10. The molecule has 7 nitrogen and oxygen atoms in total. The van der Waals surface area contributed by atoms with Crippen LogP contribution in [0.15, 0.2) is 35.1 Å². The summed E-state index contributed by atoms with van der Waals surface area (Å²) in [6.07, 6.45) is -5.02. The summed E-state index contributed by atoms with van der Waals surface area (Å²) < 4.78 is 44.0. The van der Waals surface area contributed by atoms with Crippen molar-refractivity contribution in [2.45, 2.75) is 32.0 Å². The van der Waals surface area contributed by atoms with E-state index in [1.54, 1.807) is 0 Å². The molecule has 1 aromatic carbocycles. The molecule has 0 radical (unpaired) electrons. The largest absolute Gasteiger partial charge is 0.507 e. The third kappa shape index (κ3) is 4.95. The van der Waals surface area contributed by atoms with Gasteiger partial charge in [-0.2, -0.15) is 13.2 Å². The fraction of sp³-hybridized carbons (Fsp3) is 0.316. The van der Waals surface area contributed by atoms with Crippen LogP contribution in [-0.4, -0.2) is 33.8 Å². The van der Waals surface area contributed by atoms with Crippen LogP contribution < -0.4 is 5.56 Å². The number of pyridine rings is 1. The van der Waals surface area contributed by atoms with E-state index in [0.717, 1.165) is 42.0 Å². The van der Waals surface area contributed by atoms with Crippen molar-refractivity contribution in [3.05, 3.63) is 63.1 Å². The summed E-state index contributed by atoms with van der Waals surface area (Å²) in [5.41, 5.74) is -1.76. The number of rotatable bonds is 6. The molecule has 29 heavy (non-hydrogen) atoms. The first-order chi connectivity index (χ1) is 13.5. The summed E-state index contributed by atoms with van der Waals surface area (Å²) in [5, 5.41) is 19.4. The number of esters is 1. The number of aromatic hydroxyl groups is 1. The first-order valence-electron chi connectivity index (χ1n) is 8.34. The van der Waals surface area contributed by atoms with Crippen molar-refractivity contribution in [1.82, 2.24) is 4.57 Å². The Kier molecular flexibility index (Phi) is 6.35. The average Bonchev–Trinajstić information content (AvgIpc) is 2.63. The van der Waals surface area contributed by atoms with Gasteiger partial charge in [-0.25, -0.2) is 0 Å². The number of aromatic nitrogens is 1. The van der Waals surface area contributed by atoms with Gasteiger partial charge in [-0.15, -0.1) is 0 Å². The summed E-state index contributed by atoms with van der Waals surface area (Å²) in [6, 6.07) is 4.93. The SMILES string of the molecule is COC(=O)C[C@@H](c1ccc(C(F)(F)F)cc1)c1c(O)cc(C)n(CC(=O)O)c1=O. The molecule has 2 N–H and O–H groups in total. The predicted octanol–water partition coefficient (Wildman–Crippen LogP) is 2.66. The van der Waals surface area contributed by atoms with Gasteiger partial charge in [0.05, 0.1) is 24.7 Å². The second kappa shape index (κ2) is 8.38. The maximum Gasteiger partial charge on any atom is 0.416 e. The molecule has 1 heterocycles. The van der Waals surface area contributed by atoms with Crippen LogP contribution in [0.4, 0.5) is 13.2 Å². The molecule has 10 heteroatoms. The van der Waals surface area contributed by atoms with Crippen molar-refractivity contribution in [2.75, 3.05) is 7.11 Å². The Balaban J connectivity index is 2.66. The zero-order valence-electron chi connectivity index (χ0n) is 15.5. The van der Waals surface area contributed by atoms with E-state index in [9.17, 15) is 32.7 Å². The lowest BCUT2D eigenvalue weighted by molar-refractivity contribution is -0.141. The quantitative estimate of drug-likeness (QED) is 0.706. The number of benzene rings is 1. The van der Waals surface area contributed by atoms with Crippen molar-refractivity contribution in [3.8, 4) is 5.75 Å². The average molecular weight is 413 g/mol. The van der Waals surface area contributed by atoms with Crippen molar-refractivity contribution < 1.29 is 37.7 Å². The molecule has 0 unspecified atom stereocenters. The highest BCUT2D eigenvalue weighted by Gasteiger charge is 2.31. The van der Waals surface area contributed by atoms with Gasteiger partial charge in [0.15, 0.2) is 0 Å². The van der Waals surface area contributed by atoms with Crippen LogP contribution in [0, 0.1) is 6.92 Å². The Labute approximate surface area is 163 Å². The van der Waals surface area contributed by atoms with Crippen molar-refractivity contribution in [1.29, 1.82) is 0 Å². The molecule has 0 spiro atoms. The van der Waals surface area contributed by atoms with Crippen molar-refractivity contribution in [3.63, 3.8) is 0 Å². The lowest BCUT2D eigenvalue weighted by atomic mass is 9.88. The molecule has 156 valence electrons. The molecule has 0 amide bonds. The van der Waals surface area contributed by atoms with E-state index < -0.39 is 53.9 Å². The molecule has 0 saturated carbocycles. The number of halogens is 3. The number of carboxylic acids is 1. The topological polar surface area (TPSA) is 106 Å². The van der Waals surface area contributed by atoms with E-state index in [1.807, 2.05) is 0 Å². The second-order valence-corrected chi connectivity index (χ2v) is 6.32. The highest BCUT2D eigenvalue weighted by molar-refractivity contribution is 5.71. The number of alkyl halides is 3. The molecule has 0 fully saturated rings. The fourth-order valence-corrected chi connectivity index (χ4v) is 2.97. The molecule has 0 aliphatic carbocycles. The van der Waals surface area contributed by atoms with Gasteiger partial charge in [-0.05, 0) is 30.7 Å². The van der Waals surface area contributed by atoms with Gasteiger partial charge in [0.2, 0.25) is 0 Å². The maximum absolute atomic E-state index is 12.9. The van der Waals surface area contributed by atoms with Crippen LogP contribution in [0.5, 0.6) is 5.75 Å². The number of nitrogens with zero attached hydrogens (tertiary/aromatic N) is 1. The van der Waals surface area contributed by atoms with Crippen LogP contribution in [0.25, 0.3) is 0 Å². The predicted molar refractivity (Wildman–Crippen MR) is 94.7 cm³/mol. The van der Waals surface area contributed by atoms with Crippen molar-refractivity contribution >= 4 is 11.9 Å². The first kappa shape index (κ1) is 22.0. The first-order valence-corrected chi connectivity index (χ1v) is 8.34. The minimum atomic E-state index is -4.57. The number of aryl methyl sites for hydroxylation is 1. The van der Waals surface area contributed by atoms with E-state index in [-0.39, 0.29) is 16.8 Å². The Bertz CT molecular complexity index is 979. The number of hydrogen-bond acceptors (Lipinski definition) is 5. The molecule has 0 bridgehead atoms. The van der Waals surface area contributed by atoms with Gasteiger partial charge in [0.25, 0.3) is 5.56 Å². The third-order valence-electron chi connectivity index (χ3n) is 4.40. The second-order valence-electron chi connectivity index (χ2n) is 6.32. The Morgan fingerprint density at radius 3 is 2.28 bits per heavy atom. The van der Waals surface area contributed by atoms with Gasteiger partial charge < -0.3 is 19.5 Å². The smallest absolute Gasteiger partial charge is 0.416 e. The lowest BCUT2D eigenvalue weighted by Crippen LogP contribution is -2.31. The number of hydrogen-bond donors (Lipinski definition) is 2. The van der Waals surface area contributed by atoms with Crippen LogP contribution in [-0.2, 0) is 27.0 Å². The highest BCUT2D eigenvalue weighted by atomic mass is 19.4. The van der Waals surface area contributed by atoms with E-state index in [0.29, 0.717) is 0 Å². The standard InChI is InChI=1S/C19H18F3NO6/c1-10-7-14(24)17(18(28)23(10)9-15(25)26)13(8-16(27)29-2)11-3-5-12(6-4-11)19(20,21)22/h3-7,13,24H,8-9H2,1-2H3,(H,25,26)/t13-/m0/s1. The van der Waals surface area contributed by atoms with Crippen LogP contribution >= 0.6 is 0 Å². The zero-order valence-corrected chi connectivity index (χ0v) is 15.5. The summed E-state index contributed by atoms with van der Waals surface area (Å²) in [6.45, 7) is 0.733. The monoisotopic (exact) mass is 413 g/mol. The van der Waals surface area contributed by atoms with E-state index in [4.69, 9.17) is 5.11 Å². The van der Waals surface area contributed by atoms with Gasteiger partial charge in [-0.3, -0.25) is 14.4 Å². The number of methoxy groups -OCH3 is 1. The zero-order chi connectivity index (χ0) is 21.9. The van der Waals surface area contributed by atoms with Gasteiger partial charge >= 0.3 is 18.1 Å². The van der Waals surface area contributed by atoms with Gasteiger partial charge in [0.1, 0.15) is 12.3 Å².